The highest BCUT2D eigenvalue weighted by Gasteiger charge is 2.19. The molecule has 156 valence electrons. The first-order chi connectivity index (χ1) is 13.7. The van der Waals surface area contributed by atoms with E-state index in [9.17, 15) is 23.3 Å². The molecular formula is C19H22N2O7S. The molecule has 0 bridgehead atoms. The van der Waals surface area contributed by atoms with Crippen LogP contribution in [0.3, 0.4) is 0 Å². The van der Waals surface area contributed by atoms with Gasteiger partial charge in [-0.3, -0.25) is 14.9 Å². The molecule has 0 saturated carbocycles. The van der Waals surface area contributed by atoms with E-state index in [1.807, 2.05) is 13.0 Å². The molecule has 2 aromatic carbocycles. The smallest absolute Gasteiger partial charge is 0.271 e. The molecule has 1 N–H and O–H groups in total. The summed E-state index contributed by atoms with van der Waals surface area (Å²) >= 11 is 0. The van der Waals surface area contributed by atoms with Gasteiger partial charge >= 0.3 is 0 Å². The van der Waals surface area contributed by atoms with Gasteiger partial charge in [0.2, 0.25) is 0 Å². The van der Waals surface area contributed by atoms with Crippen LogP contribution in [0, 0.1) is 10.1 Å². The van der Waals surface area contributed by atoms with Crippen LogP contribution in [0.4, 0.5) is 11.4 Å². The molecule has 0 spiro atoms. The molecule has 9 nitrogen and oxygen atoms in total. The number of nitro groups is 1. The average Bonchev–Trinajstić information content (AvgIpc) is 2.67. The first-order valence-corrected chi connectivity index (χ1v) is 10.6. The lowest BCUT2D eigenvalue weighted by atomic mass is 10.1. The van der Waals surface area contributed by atoms with Crippen molar-refractivity contribution < 1.29 is 27.6 Å². The van der Waals surface area contributed by atoms with Gasteiger partial charge in [0.25, 0.3) is 11.6 Å². The summed E-state index contributed by atoms with van der Waals surface area (Å²) in [6.07, 6.45) is 0.919. The highest BCUT2D eigenvalue weighted by molar-refractivity contribution is 7.90. The zero-order valence-corrected chi connectivity index (χ0v) is 16.9. The fourth-order valence-corrected chi connectivity index (χ4v) is 3.10. The lowest BCUT2D eigenvalue weighted by Crippen LogP contribution is -2.13. The van der Waals surface area contributed by atoms with Crippen molar-refractivity contribution in [2.24, 2.45) is 0 Å². The number of amides is 1. The van der Waals surface area contributed by atoms with E-state index in [2.05, 4.69) is 5.32 Å². The van der Waals surface area contributed by atoms with E-state index in [0.29, 0.717) is 32.1 Å². The van der Waals surface area contributed by atoms with Gasteiger partial charge in [0.05, 0.1) is 29.6 Å². The molecule has 0 heterocycles. The topological polar surface area (TPSA) is 125 Å². The molecule has 1 amide bonds. The van der Waals surface area contributed by atoms with Gasteiger partial charge in [-0.1, -0.05) is 12.1 Å². The van der Waals surface area contributed by atoms with Gasteiger partial charge in [0.1, 0.15) is 0 Å². The van der Waals surface area contributed by atoms with Gasteiger partial charge in [0.15, 0.2) is 9.84 Å². The number of sulfone groups is 1. The third kappa shape index (κ3) is 6.93. The molecular weight excluding hydrogens is 400 g/mol. The van der Waals surface area contributed by atoms with E-state index >= 15 is 0 Å². The second-order valence-corrected chi connectivity index (χ2v) is 8.16. The number of hydrogen-bond donors (Lipinski definition) is 1. The summed E-state index contributed by atoms with van der Waals surface area (Å²) in [5.74, 6) is -0.659. The van der Waals surface area contributed by atoms with E-state index in [1.165, 1.54) is 0 Å². The largest absolute Gasteiger partial charge is 0.379 e. The first kappa shape index (κ1) is 22.5. The molecule has 2 aromatic rings. The molecule has 2 rings (SSSR count). The van der Waals surface area contributed by atoms with E-state index in [0.717, 1.165) is 30.0 Å². The van der Waals surface area contributed by atoms with Gasteiger partial charge in [0, 0.05) is 36.2 Å². The Labute approximate surface area is 168 Å². The number of nitrogens with zero attached hydrogens (tertiary/aromatic N) is 1. The third-order valence-electron chi connectivity index (χ3n) is 3.82. The number of ether oxygens (including phenoxy) is 2. The van der Waals surface area contributed by atoms with Crippen LogP contribution in [-0.2, 0) is 25.9 Å². The predicted molar refractivity (Wildman–Crippen MR) is 107 cm³/mol. The Morgan fingerprint density at radius 1 is 1.14 bits per heavy atom. The third-order valence-corrected chi connectivity index (χ3v) is 4.91. The average molecular weight is 422 g/mol. The minimum absolute atomic E-state index is 0.127. The maximum atomic E-state index is 12.5. The zero-order chi connectivity index (χ0) is 21.4. The number of benzene rings is 2. The summed E-state index contributed by atoms with van der Waals surface area (Å²) in [7, 11) is -3.72. The van der Waals surface area contributed by atoms with E-state index in [4.69, 9.17) is 9.47 Å². The van der Waals surface area contributed by atoms with E-state index in [-0.39, 0.29) is 10.5 Å². The standard InChI is InChI=1S/C19H22N2O7S/c1-3-27-7-8-28-13-14-5-4-6-16(9-14)20-19(22)15-10-17(21(23)24)12-18(11-15)29(2,25)26/h4-6,9-12H,3,7-8,13H2,1-2H3,(H,20,22). The summed E-state index contributed by atoms with van der Waals surface area (Å²) in [5, 5.41) is 13.7. The normalized spacial score (nSPS) is 11.2. The van der Waals surface area contributed by atoms with Crippen molar-refractivity contribution in [2.75, 3.05) is 31.4 Å². The fraction of sp³-hybridized carbons (Fsp3) is 0.316. The maximum Gasteiger partial charge on any atom is 0.271 e. The van der Waals surface area contributed by atoms with Gasteiger partial charge in [-0.25, -0.2) is 8.42 Å². The molecule has 0 saturated heterocycles. The highest BCUT2D eigenvalue weighted by atomic mass is 32.2. The summed E-state index contributed by atoms with van der Waals surface area (Å²) < 4.78 is 34.2. The van der Waals surface area contributed by atoms with Crippen LogP contribution < -0.4 is 5.32 Å². The fourth-order valence-electron chi connectivity index (χ4n) is 2.43. The Bertz CT molecular complexity index is 990. The van der Waals surface area contributed by atoms with Crippen molar-refractivity contribution in [3.8, 4) is 0 Å². The molecule has 0 aliphatic heterocycles. The molecule has 10 heteroatoms. The minimum atomic E-state index is -3.72. The number of rotatable bonds is 10. The highest BCUT2D eigenvalue weighted by Crippen LogP contribution is 2.22. The molecule has 0 atom stereocenters. The van der Waals surface area contributed by atoms with Gasteiger partial charge in [-0.2, -0.15) is 0 Å². The lowest BCUT2D eigenvalue weighted by molar-refractivity contribution is -0.385. The quantitative estimate of drug-likeness (QED) is 0.354. The number of non-ortho nitro benzene ring substituents is 1. The second kappa shape index (κ2) is 10.1. The Morgan fingerprint density at radius 2 is 1.86 bits per heavy atom. The molecule has 29 heavy (non-hydrogen) atoms. The van der Waals surface area contributed by atoms with Crippen LogP contribution >= 0.6 is 0 Å². The van der Waals surface area contributed by atoms with Crippen molar-refractivity contribution >= 4 is 27.1 Å². The van der Waals surface area contributed by atoms with Crippen molar-refractivity contribution in [1.29, 1.82) is 0 Å². The van der Waals surface area contributed by atoms with Crippen molar-refractivity contribution in [3.63, 3.8) is 0 Å². The van der Waals surface area contributed by atoms with Crippen molar-refractivity contribution in [2.45, 2.75) is 18.4 Å². The lowest BCUT2D eigenvalue weighted by Gasteiger charge is -2.09. The predicted octanol–water partition coefficient (Wildman–Crippen LogP) is 2.80. The number of carbonyl (C=O) groups excluding carboxylic acids is 1. The van der Waals surface area contributed by atoms with Crippen LogP contribution in [0.25, 0.3) is 0 Å². The van der Waals surface area contributed by atoms with Gasteiger partial charge in [-0.05, 0) is 30.7 Å². The van der Waals surface area contributed by atoms with Crippen LogP contribution in [-0.4, -0.2) is 45.3 Å². The number of hydrogen-bond acceptors (Lipinski definition) is 7. The maximum absolute atomic E-state index is 12.5. The second-order valence-electron chi connectivity index (χ2n) is 6.15. The number of anilines is 1. The monoisotopic (exact) mass is 422 g/mol. The molecule has 0 unspecified atom stereocenters. The van der Waals surface area contributed by atoms with Crippen LogP contribution in [0.15, 0.2) is 47.4 Å². The summed E-state index contributed by atoms with van der Waals surface area (Å²) in [5.41, 5.74) is 0.663. The van der Waals surface area contributed by atoms with E-state index in [1.54, 1.807) is 18.2 Å². The zero-order valence-electron chi connectivity index (χ0n) is 16.1. The van der Waals surface area contributed by atoms with Crippen molar-refractivity contribution in [1.82, 2.24) is 0 Å². The van der Waals surface area contributed by atoms with E-state index < -0.39 is 26.4 Å². The van der Waals surface area contributed by atoms with Gasteiger partial charge in [-0.15, -0.1) is 0 Å². The molecule has 0 radical (unpaired) electrons. The summed E-state index contributed by atoms with van der Waals surface area (Å²) in [4.78, 5) is 22.6. The van der Waals surface area contributed by atoms with Crippen LogP contribution in [0.2, 0.25) is 0 Å². The first-order valence-electron chi connectivity index (χ1n) is 8.76. The van der Waals surface area contributed by atoms with Gasteiger partial charge < -0.3 is 14.8 Å². The Kier molecular flexibility index (Phi) is 7.82. The number of nitrogens with one attached hydrogen (secondary N) is 1. The summed E-state index contributed by atoms with van der Waals surface area (Å²) in [6.45, 7) is 3.76. The Hall–Kier alpha value is -2.82. The number of carbonyl (C=O) groups is 1. The molecule has 0 fully saturated rings. The minimum Gasteiger partial charge on any atom is -0.379 e. The summed E-state index contributed by atoms with van der Waals surface area (Å²) in [6, 6.07) is 9.97. The van der Waals surface area contributed by atoms with Crippen LogP contribution in [0.1, 0.15) is 22.8 Å². The SMILES string of the molecule is CCOCCOCc1cccc(NC(=O)c2cc([N+](=O)[O-])cc(S(C)(=O)=O)c2)c1. The molecule has 0 aromatic heterocycles. The molecule has 0 aliphatic rings. The molecule has 0 aliphatic carbocycles. The van der Waals surface area contributed by atoms with Crippen molar-refractivity contribution in [3.05, 3.63) is 63.7 Å². The Morgan fingerprint density at radius 3 is 2.52 bits per heavy atom. The Balaban J connectivity index is 2.15. The van der Waals surface area contributed by atoms with Crippen LogP contribution in [0.5, 0.6) is 0 Å². The number of nitro benzene ring substituents is 1.